The van der Waals surface area contributed by atoms with Gasteiger partial charge in [-0.05, 0) is 33.5 Å². The number of hydrogen-bond donors (Lipinski definition) is 1. The number of likely N-dealkylation sites (N-methyl/N-ethyl adjacent to an activating group) is 1. The zero-order valence-electron chi connectivity index (χ0n) is 12.5. The van der Waals surface area contributed by atoms with Gasteiger partial charge in [-0.2, -0.15) is 0 Å². The second-order valence-corrected chi connectivity index (χ2v) is 4.98. The third-order valence-corrected chi connectivity index (χ3v) is 3.10. The van der Waals surface area contributed by atoms with Crippen molar-refractivity contribution in [2.45, 2.75) is 26.3 Å². The molecule has 1 rings (SSSR count). The van der Waals surface area contributed by atoms with E-state index in [4.69, 9.17) is 4.74 Å². The Bertz CT molecular complexity index is 449. The fourth-order valence-corrected chi connectivity index (χ4v) is 1.55. The van der Waals surface area contributed by atoms with Crippen LogP contribution in [0.15, 0.2) is 18.2 Å². The van der Waals surface area contributed by atoms with Crippen LogP contribution in [0.3, 0.4) is 0 Å². The Kier molecular flexibility index (Phi) is 6.24. The Labute approximate surface area is 119 Å². The van der Waals surface area contributed by atoms with Gasteiger partial charge in [0.15, 0.2) is 5.75 Å². The van der Waals surface area contributed by atoms with Crippen molar-refractivity contribution in [1.29, 1.82) is 0 Å². The van der Waals surface area contributed by atoms with E-state index in [-0.39, 0.29) is 5.69 Å². The molecule has 0 spiro atoms. The maximum atomic E-state index is 11.0. The molecule has 0 aliphatic carbocycles. The summed E-state index contributed by atoms with van der Waals surface area (Å²) < 4.78 is 5.45. The van der Waals surface area contributed by atoms with E-state index >= 15 is 0 Å². The van der Waals surface area contributed by atoms with Crippen molar-refractivity contribution in [3.63, 3.8) is 0 Å². The predicted molar refractivity (Wildman–Crippen MR) is 80.5 cm³/mol. The van der Waals surface area contributed by atoms with Crippen LogP contribution < -0.4 is 10.1 Å². The molecule has 6 nitrogen and oxygen atoms in total. The monoisotopic (exact) mass is 281 g/mol. The summed E-state index contributed by atoms with van der Waals surface area (Å²) in [5, 5.41) is 14.2. The van der Waals surface area contributed by atoms with Crippen molar-refractivity contribution in [1.82, 2.24) is 4.90 Å². The Morgan fingerprint density at radius 2 is 2.15 bits per heavy atom. The van der Waals surface area contributed by atoms with Gasteiger partial charge in [-0.25, -0.2) is 0 Å². The van der Waals surface area contributed by atoms with Crippen molar-refractivity contribution in [2.75, 3.05) is 32.6 Å². The summed E-state index contributed by atoms with van der Waals surface area (Å²) in [6.07, 6.45) is 0.812. The number of nitro benzene ring substituents is 1. The van der Waals surface area contributed by atoms with E-state index in [1.807, 2.05) is 21.0 Å². The highest BCUT2D eigenvalue weighted by Crippen LogP contribution is 2.30. The lowest BCUT2D eigenvalue weighted by Crippen LogP contribution is -2.31. The molecule has 1 atom stereocenters. The molecule has 1 aromatic rings. The quantitative estimate of drug-likeness (QED) is 0.586. The van der Waals surface area contributed by atoms with E-state index in [2.05, 4.69) is 17.1 Å². The third-order valence-electron chi connectivity index (χ3n) is 3.10. The fraction of sp³-hybridized carbons (Fsp3) is 0.571. The van der Waals surface area contributed by atoms with Gasteiger partial charge in [0.1, 0.15) is 0 Å². The predicted octanol–water partition coefficient (Wildman–Crippen LogP) is 2.75. The van der Waals surface area contributed by atoms with Crippen molar-refractivity contribution < 1.29 is 9.66 Å². The molecular formula is C14H23N3O3. The smallest absolute Gasteiger partial charge is 0.311 e. The lowest BCUT2D eigenvalue weighted by Gasteiger charge is -2.20. The van der Waals surface area contributed by atoms with Crippen molar-refractivity contribution in [3.05, 3.63) is 28.3 Å². The van der Waals surface area contributed by atoms with Gasteiger partial charge in [0.25, 0.3) is 0 Å². The van der Waals surface area contributed by atoms with Crippen LogP contribution in [-0.2, 0) is 0 Å². The summed E-state index contributed by atoms with van der Waals surface area (Å²) in [5.74, 6) is 0.319. The lowest BCUT2D eigenvalue weighted by molar-refractivity contribution is -0.385. The third kappa shape index (κ3) is 4.70. The Hall–Kier alpha value is -1.82. The highest BCUT2D eigenvalue weighted by atomic mass is 16.6. The number of rotatable bonds is 8. The summed E-state index contributed by atoms with van der Waals surface area (Å²) in [5.41, 5.74) is 0.833. The van der Waals surface area contributed by atoms with Gasteiger partial charge in [0.2, 0.25) is 0 Å². The first kappa shape index (κ1) is 16.2. The molecule has 0 saturated carbocycles. The van der Waals surface area contributed by atoms with Crippen LogP contribution >= 0.6 is 0 Å². The summed E-state index contributed by atoms with van der Waals surface area (Å²) >= 11 is 0. The summed E-state index contributed by atoms with van der Waals surface area (Å²) in [7, 11) is 4.02. The first-order valence-corrected chi connectivity index (χ1v) is 6.77. The maximum Gasteiger partial charge on any atom is 0.311 e. The second kappa shape index (κ2) is 7.69. The fourth-order valence-electron chi connectivity index (χ4n) is 1.55. The van der Waals surface area contributed by atoms with Gasteiger partial charge in [0, 0.05) is 30.4 Å². The minimum atomic E-state index is -0.419. The van der Waals surface area contributed by atoms with Gasteiger partial charge < -0.3 is 15.0 Å². The molecular weight excluding hydrogens is 258 g/mol. The highest BCUT2D eigenvalue weighted by Gasteiger charge is 2.15. The molecule has 0 aliphatic rings. The number of benzene rings is 1. The molecule has 0 amide bonds. The molecule has 112 valence electrons. The molecule has 0 aromatic heterocycles. The van der Waals surface area contributed by atoms with Crippen molar-refractivity contribution >= 4 is 11.4 Å². The first-order chi connectivity index (χ1) is 9.45. The van der Waals surface area contributed by atoms with E-state index in [0.29, 0.717) is 18.4 Å². The van der Waals surface area contributed by atoms with Gasteiger partial charge in [-0.1, -0.05) is 6.92 Å². The van der Waals surface area contributed by atoms with Crippen LogP contribution in [0.5, 0.6) is 5.75 Å². The number of nitro groups is 1. The average molecular weight is 281 g/mol. The number of anilines is 1. The first-order valence-electron chi connectivity index (χ1n) is 6.77. The highest BCUT2D eigenvalue weighted by molar-refractivity contribution is 5.58. The Balaban J connectivity index is 2.80. The Morgan fingerprint density at radius 3 is 2.70 bits per heavy atom. The van der Waals surface area contributed by atoms with Crippen LogP contribution in [0.2, 0.25) is 0 Å². The van der Waals surface area contributed by atoms with E-state index in [9.17, 15) is 10.1 Å². The number of nitrogens with zero attached hydrogens (tertiary/aromatic N) is 2. The van der Waals surface area contributed by atoms with Gasteiger partial charge in [-0.3, -0.25) is 10.1 Å². The summed E-state index contributed by atoms with van der Waals surface area (Å²) in [6, 6.07) is 5.24. The molecule has 20 heavy (non-hydrogen) atoms. The molecule has 6 heteroatoms. The van der Waals surface area contributed by atoms with Gasteiger partial charge in [0.05, 0.1) is 11.5 Å². The van der Waals surface area contributed by atoms with Gasteiger partial charge in [-0.15, -0.1) is 0 Å². The SMILES string of the molecule is CCCOc1cc(NCC(C)N(C)C)ccc1[N+](=O)[O-]. The normalized spacial score (nSPS) is 12.2. The topological polar surface area (TPSA) is 67.6 Å². The molecule has 0 fully saturated rings. The zero-order chi connectivity index (χ0) is 15.1. The second-order valence-electron chi connectivity index (χ2n) is 4.98. The van der Waals surface area contributed by atoms with Crippen molar-refractivity contribution in [2.24, 2.45) is 0 Å². The number of hydrogen-bond acceptors (Lipinski definition) is 5. The minimum absolute atomic E-state index is 0.00431. The van der Waals surface area contributed by atoms with Crippen LogP contribution in [0.1, 0.15) is 20.3 Å². The molecule has 0 bridgehead atoms. The van der Waals surface area contributed by atoms with E-state index in [1.165, 1.54) is 6.07 Å². The minimum Gasteiger partial charge on any atom is -0.487 e. The largest absolute Gasteiger partial charge is 0.487 e. The van der Waals surface area contributed by atoms with Crippen LogP contribution in [0, 0.1) is 10.1 Å². The molecule has 0 saturated heterocycles. The van der Waals surface area contributed by atoms with Crippen LogP contribution in [0.4, 0.5) is 11.4 Å². The van der Waals surface area contributed by atoms with E-state index < -0.39 is 4.92 Å². The van der Waals surface area contributed by atoms with E-state index in [0.717, 1.165) is 18.7 Å². The number of ether oxygens (including phenoxy) is 1. The molecule has 0 aliphatic heterocycles. The number of nitrogens with one attached hydrogen (secondary N) is 1. The molecule has 0 heterocycles. The zero-order valence-corrected chi connectivity index (χ0v) is 12.5. The van der Waals surface area contributed by atoms with Crippen molar-refractivity contribution in [3.8, 4) is 5.75 Å². The summed E-state index contributed by atoms with van der Waals surface area (Å²) in [6.45, 7) is 5.30. The molecule has 1 unspecified atom stereocenters. The van der Waals surface area contributed by atoms with E-state index in [1.54, 1.807) is 12.1 Å². The average Bonchev–Trinajstić information content (AvgIpc) is 2.42. The summed E-state index contributed by atoms with van der Waals surface area (Å²) in [4.78, 5) is 12.6. The van der Waals surface area contributed by atoms with Crippen LogP contribution in [-0.4, -0.2) is 43.1 Å². The maximum absolute atomic E-state index is 11.0. The molecule has 1 N–H and O–H groups in total. The molecule has 0 radical (unpaired) electrons. The Morgan fingerprint density at radius 1 is 1.45 bits per heavy atom. The molecule has 1 aromatic carbocycles. The standard InChI is InChI=1S/C14H23N3O3/c1-5-8-20-14-9-12(6-7-13(14)17(18)19)15-10-11(2)16(3)4/h6-7,9,11,15H,5,8,10H2,1-4H3. The lowest BCUT2D eigenvalue weighted by atomic mass is 10.2. The van der Waals surface area contributed by atoms with Crippen LogP contribution in [0.25, 0.3) is 0 Å². The van der Waals surface area contributed by atoms with Gasteiger partial charge >= 0.3 is 5.69 Å².